The predicted molar refractivity (Wildman–Crippen MR) is 121 cm³/mol. The SMILES string of the molecule is C#CCOc1ccc2c(c1)C1(CCCC1)c1cc(N=C)ccc1N2CCc1nnn[nH]1. The molecule has 2 aromatic carbocycles. The molecule has 2 heterocycles. The van der Waals surface area contributed by atoms with Crippen LogP contribution < -0.4 is 9.64 Å². The van der Waals surface area contributed by atoms with Crippen molar-refractivity contribution < 1.29 is 4.74 Å². The van der Waals surface area contributed by atoms with Gasteiger partial charge < -0.3 is 9.64 Å². The number of rotatable bonds is 6. The van der Waals surface area contributed by atoms with E-state index >= 15 is 0 Å². The minimum atomic E-state index is -0.0504. The molecule has 7 nitrogen and oxygen atoms in total. The first-order valence-corrected chi connectivity index (χ1v) is 10.6. The molecule has 31 heavy (non-hydrogen) atoms. The summed E-state index contributed by atoms with van der Waals surface area (Å²) in [4.78, 5) is 6.57. The molecule has 1 fully saturated rings. The van der Waals surface area contributed by atoms with E-state index in [1.165, 1.54) is 35.3 Å². The van der Waals surface area contributed by atoms with E-state index in [0.717, 1.165) is 36.6 Å². The molecule has 1 spiro atoms. The summed E-state index contributed by atoms with van der Waals surface area (Å²) >= 11 is 0. The number of ether oxygens (including phenoxy) is 1. The molecule has 3 aromatic rings. The summed E-state index contributed by atoms with van der Waals surface area (Å²) in [6.07, 6.45) is 10.7. The molecular weight excluding hydrogens is 388 g/mol. The maximum atomic E-state index is 5.80. The van der Waals surface area contributed by atoms with Gasteiger partial charge in [-0.05, 0) is 77.5 Å². The number of fused-ring (bicyclic) bond motifs is 4. The lowest BCUT2D eigenvalue weighted by Crippen LogP contribution is -2.36. The zero-order valence-electron chi connectivity index (χ0n) is 17.3. The minimum Gasteiger partial charge on any atom is -0.481 e. The van der Waals surface area contributed by atoms with E-state index in [1.54, 1.807) is 0 Å². The van der Waals surface area contributed by atoms with Crippen molar-refractivity contribution in [3.63, 3.8) is 0 Å². The number of hydrogen-bond donors (Lipinski definition) is 1. The van der Waals surface area contributed by atoms with Crippen molar-refractivity contribution in [1.82, 2.24) is 20.6 Å². The van der Waals surface area contributed by atoms with Crippen LogP contribution in [0.3, 0.4) is 0 Å². The number of nitrogens with zero attached hydrogens (tertiary/aromatic N) is 5. The average Bonchev–Trinajstić information content (AvgIpc) is 3.51. The van der Waals surface area contributed by atoms with Gasteiger partial charge in [-0.15, -0.1) is 11.5 Å². The highest BCUT2D eigenvalue weighted by molar-refractivity contribution is 5.80. The Kier molecular flexibility index (Phi) is 4.91. The Labute approximate surface area is 181 Å². The molecule has 2 aliphatic rings. The second kappa shape index (κ2) is 7.88. The molecule has 0 saturated heterocycles. The lowest BCUT2D eigenvalue weighted by atomic mass is 9.69. The zero-order chi connectivity index (χ0) is 21.3. The summed E-state index contributed by atoms with van der Waals surface area (Å²) in [6.45, 7) is 4.75. The largest absolute Gasteiger partial charge is 0.481 e. The quantitative estimate of drug-likeness (QED) is 0.487. The van der Waals surface area contributed by atoms with Gasteiger partial charge in [0.25, 0.3) is 0 Å². The maximum Gasteiger partial charge on any atom is 0.150 e. The van der Waals surface area contributed by atoms with E-state index in [2.05, 4.69) is 67.4 Å². The zero-order valence-corrected chi connectivity index (χ0v) is 17.3. The van der Waals surface area contributed by atoms with Gasteiger partial charge in [0, 0.05) is 29.8 Å². The Hall–Kier alpha value is -3.66. The number of aromatic amines is 1. The number of anilines is 2. The molecule has 0 radical (unpaired) electrons. The number of hydrogen-bond acceptors (Lipinski definition) is 6. The van der Waals surface area contributed by atoms with E-state index in [1.807, 2.05) is 12.1 Å². The van der Waals surface area contributed by atoms with Crippen LogP contribution in [-0.2, 0) is 11.8 Å². The van der Waals surface area contributed by atoms with Crippen molar-refractivity contribution in [3.8, 4) is 18.1 Å². The molecule has 1 aliphatic carbocycles. The summed E-state index contributed by atoms with van der Waals surface area (Å²) in [5.41, 5.74) is 5.87. The normalized spacial score (nSPS) is 15.9. The molecule has 0 atom stereocenters. The highest BCUT2D eigenvalue weighted by Gasteiger charge is 2.45. The van der Waals surface area contributed by atoms with Gasteiger partial charge in [-0.3, -0.25) is 4.99 Å². The first-order valence-electron chi connectivity index (χ1n) is 10.6. The summed E-state index contributed by atoms with van der Waals surface area (Å²) in [6, 6.07) is 12.7. The van der Waals surface area contributed by atoms with Crippen LogP contribution in [0.15, 0.2) is 41.4 Å². The van der Waals surface area contributed by atoms with Crippen LogP contribution in [0.25, 0.3) is 0 Å². The van der Waals surface area contributed by atoms with E-state index in [4.69, 9.17) is 11.2 Å². The van der Waals surface area contributed by atoms with Crippen LogP contribution in [0.4, 0.5) is 17.1 Å². The smallest absolute Gasteiger partial charge is 0.150 e. The lowest BCUT2D eigenvalue weighted by molar-refractivity contribution is 0.368. The molecular formula is C24H24N6O. The number of terminal acetylenes is 1. The van der Waals surface area contributed by atoms with Gasteiger partial charge >= 0.3 is 0 Å². The van der Waals surface area contributed by atoms with Crippen molar-refractivity contribution in [2.75, 3.05) is 18.1 Å². The van der Waals surface area contributed by atoms with Crippen LogP contribution in [0.1, 0.15) is 42.6 Å². The molecule has 5 rings (SSSR count). The Morgan fingerprint density at radius 1 is 1.16 bits per heavy atom. The number of nitrogens with one attached hydrogen (secondary N) is 1. The molecule has 0 bridgehead atoms. The first-order chi connectivity index (χ1) is 15.2. The summed E-state index contributed by atoms with van der Waals surface area (Å²) < 4.78 is 5.80. The van der Waals surface area contributed by atoms with Crippen LogP contribution in [0.2, 0.25) is 0 Å². The van der Waals surface area contributed by atoms with E-state index in [9.17, 15) is 0 Å². The number of H-pyrrole nitrogens is 1. The highest BCUT2D eigenvalue weighted by atomic mass is 16.5. The molecule has 1 N–H and O–H groups in total. The summed E-state index contributed by atoms with van der Waals surface area (Å²) in [5, 5.41) is 14.3. The predicted octanol–water partition coefficient (Wildman–Crippen LogP) is 4.10. The van der Waals surface area contributed by atoms with Crippen molar-refractivity contribution in [2.24, 2.45) is 4.99 Å². The van der Waals surface area contributed by atoms with Gasteiger partial charge in [0.15, 0.2) is 0 Å². The second-order valence-corrected chi connectivity index (χ2v) is 8.07. The number of aliphatic imine (C=N–C) groups is 1. The van der Waals surface area contributed by atoms with Crippen LogP contribution in [0.5, 0.6) is 5.75 Å². The van der Waals surface area contributed by atoms with Crippen LogP contribution >= 0.6 is 0 Å². The number of benzene rings is 2. The maximum absolute atomic E-state index is 5.80. The average molecular weight is 412 g/mol. The number of aromatic nitrogens is 4. The van der Waals surface area contributed by atoms with Gasteiger partial charge in [0.05, 0.1) is 5.69 Å². The van der Waals surface area contributed by atoms with Crippen molar-refractivity contribution in [3.05, 3.63) is 53.3 Å². The number of tetrazole rings is 1. The summed E-state index contributed by atoms with van der Waals surface area (Å²) in [7, 11) is 0. The monoisotopic (exact) mass is 412 g/mol. The third kappa shape index (κ3) is 3.25. The Bertz CT molecular complexity index is 1140. The van der Waals surface area contributed by atoms with E-state index in [0.29, 0.717) is 6.42 Å². The van der Waals surface area contributed by atoms with Gasteiger partial charge in [0.2, 0.25) is 0 Å². The Morgan fingerprint density at radius 3 is 2.65 bits per heavy atom. The van der Waals surface area contributed by atoms with Crippen molar-refractivity contribution >= 4 is 23.8 Å². The molecule has 156 valence electrons. The van der Waals surface area contributed by atoms with Crippen molar-refractivity contribution in [2.45, 2.75) is 37.5 Å². The Morgan fingerprint density at radius 2 is 1.94 bits per heavy atom. The topological polar surface area (TPSA) is 79.3 Å². The third-order valence-corrected chi connectivity index (χ3v) is 6.48. The standard InChI is InChI=1S/C24H24N6O/c1-3-14-31-18-7-9-22-20(16-18)24(11-4-5-12-24)19-15-17(25-2)6-8-21(19)30(22)13-10-23-26-28-29-27-23/h1,6-9,15-16H,2,4-5,10-14H2,(H,26,27,28,29). The van der Waals surface area contributed by atoms with Crippen LogP contribution in [0, 0.1) is 12.3 Å². The first kappa shape index (κ1) is 19.3. The van der Waals surface area contributed by atoms with Gasteiger partial charge in [-0.1, -0.05) is 18.8 Å². The highest BCUT2D eigenvalue weighted by Crippen LogP contribution is 2.57. The van der Waals surface area contributed by atoms with Crippen LogP contribution in [-0.4, -0.2) is 40.5 Å². The molecule has 1 aromatic heterocycles. The molecule has 0 unspecified atom stereocenters. The van der Waals surface area contributed by atoms with Gasteiger partial charge in [-0.2, -0.15) is 0 Å². The third-order valence-electron chi connectivity index (χ3n) is 6.48. The molecule has 1 aliphatic heterocycles. The fraction of sp³-hybridized carbons (Fsp3) is 0.333. The van der Waals surface area contributed by atoms with Gasteiger partial charge in [0.1, 0.15) is 18.2 Å². The fourth-order valence-electron chi connectivity index (χ4n) is 5.13. The summed E-state index contributed by atoms with van der Waals surface area (Å²) in [5.74, 6) is 4.13. The fourth-order valence-corrected chi connectivity index (χ4v) is 5.13. The van der Waals surface area contributed by atoms with E-state index < -0.39 is 0 Å². The Balaban J connectivity index is 1.65. The minimum absolute atomic E-state index is 0.0504. The van der Waals surface area contributed by atoms with Gasteiger partial charge in [-0.25, -0.2) is 5.10 Å². The lowest BCUT2D eigenvalue weighted by Gasteiger charge is -2.44. The molecule has 0 amide bonds. The molecule has 7 heteroatoms. The van der Waals surface area contributed by atoms with Crippen molar-refractivity contribution in [1.29, 1.82) is 0 Å². The molecule has 1 saturated carbocycles. The van der Waals surface area contributed by atoms with E-state index in [-0.39, 0.29) is 12.0 Å². The second-order valence-electron chi connectivity index (χ2n) is 8.07.